The van der Waals surface area contributed by atoms with E-state index in [4.69, 9.17) is 9.72 Å². The van der Waals surface area contributed by atoms with E-state index in [-0.39, 0.29) is 46.6 Å². The Morgan fingerprint density at radius 2 is 1.54 bits per heavy atom. The van der Waals surface area contributed by atoms with E-state index < -0.39 is 24.2 Å². The molecule has 2 bridgehead atoms. The van der Waals surface area contributed by atoms with Crippen LogP contribution in [0.25, 0.3) is 22.2 Å². The summed E-state index contributed by atoms with van der Waals surface area (Å²) >= 11 is 0. The van der Waals surface area contributed by atoms with Crippen LogP contribution >= 0.6 is 0 Å². The number of ether oxygens (including phenoxy) is 1. The number of carbonyl (C=O) groups is 4. The van der Waals surface area contributed by atoms with E-state index in [1.807, 2.05) is 0 Å². The van der Waals surface area contributed by atoms with E-state index in [0.29, 0.717) is 27.8 Å². The molecule has 1 aromatic heterocycles. The van der Waals surface area contributed by atoms with Crippen molar-refractivity contribution in [3.05, 3.63) is 108 Å². The normalized spacial score (nSPS) is 22.4. The number of esters is 1. The Hall–Kier alpha value is -4.98. The van der Waals surface area contributed by atoms with Crippen LogP contribution in [0.1, 0.15) is 27.1 Å². The number of ketones is 1. The van der Waals surface area contributed by atoms with E-state index in [2.05, 4.69) is 12.2 Å². The Morgan fingerprint density at radius 3 is 2.22 bits per heavy atom. The van der Waals surface area contributed by atoms with Crippen LogP contribution in [0.15, 0.2) is 91.0 Å². The van der Waals surface area contributed by atoms with E-state index in [1.54, 1.807) is 54.6 Å². The summed E-state index contributed by atoms with van der Waals surface area (Å²) in [5, 5.41) is 0.565. The van der Waals surface area contributed by atoms with Gasteiger partial charge in [-0.25, -0.2) is 14.2 Å². The average Bonchev–Trinajstić information content (AvgIpc) is 3.69. The number of halogens is 1. The predicted octanol–water partition coefficient (Wildman–Crippen LogP) is 5.39. The number of nitrogens with zero attached hydrogens (tertiary/aromatic N) is 2. The van der Waals surface area contributed by atoms with Gasteiger partial charge in [0.1, 0.15) is 5.82 Å². The monoisotopic (exact) mass is 546 g/mol. The first-order chi connectivity index (χ1) is 19.9. The molecule has 3 aliphatic rings. The summed E-state index contributed by atoms with van der Waals surface area (Å²) in [6.45, 7) is -0.498. The van der Waals surface area contributed by atoms with E-state index in [9.17, 15) is 23.6 Å². The highest BCUT2D eigenvalue weighted by atomic mass is 19.1. The minimum Gasteiger partial charge on any atom is -0.454 e. The summed E-state index contributed by atoms with van der Waals surface area (Å²) in [5.41, 5.74) is 2.72. The van der Waals surface area contributed by atoms with Gasteiger partial charge in [0.25, 0.3) is 0 Å². The number of rotatable bonds is 6. The highest BCUT2D eigenvalue weighted by Gasteiger charge is 2.59. The number of benzene rings is 3. The van der Waals surface area contributed by atoms with Crippen molar-refractivity contribution >= 4 is 40.2 Å². The summed E-state index contributed by atoms with van der Waals surface area (Å²) in [7, 11) is 0. The van der Waals surface area contributed by atoms with Crippen LogP contribution in [0, 0.1) is 29.5 Å². The first kappa shape index (κ1) is 25.0. The fourth-order valence-corrected chi connectivity index (χ4v) is 6.36. The molecule has 0 N–H and O–H groups in total. The number of imide groups is 1. The third-order valence-electron chi connectivity index (χ3n) is 8.33. The van der Waals surface area contributed by atoms with Gasteiger partial charge >= 0.3 is 5.97 Å². The maximum absolute atomic E-state index is 13.2. The lowest BCUT2D eigenvalue weighted by Gasteiger charge is -2.17. The molecular weight excluding hydrogens is 523 g/mol. The van der Waals surface area contributed by atoms with Crippen molar-refractivity contribution in [3.63, 3.8) is 0 Å². The van der Waals surface area contributed by atoms with Crippen LogP contribution in [-0.2, 0) is 14.3 Å². The van der Waals surface area contributed by atoms with Crippen molar-refractivity contribution in [1.82, 2.24) is 4.98 Å². The van der Waals surface area contributed by atoms with E-state index >= 15 is 0 Å². The Labute approximate surface area is 234 Å². The SMILES string of the molecule is O=C(COC(=O)c1cc(-c2ccc(N3C(=O)C4C5C=CC(C5)C4C3=O)cc2)nc2ccccc12)c1ccc(F)cc1. The minimum absolute atomic E-state index is 0.136. The summed E-state index contributed by atoms with van der Waals surface area (Å²) in [6, 6.07) is 20.7. The number of pyridine rings is 1. The van der Waals surface area contributed by atoms with Gasteiger partial charge in [0.2, 0.25) is 11.8 Å². The summed E-state index contributed by atoms with van der Waals surface area (Å²) < 4.78 is 18.5. The van der Waals surface area contributed by atoms with Crippen LogP contribution in [0.3, 0.4) is 0 Å². The molecule has 7 rings (SSSR count). The summed E-state index contributed by atoms with van der Waals surface area (Å²) in [4.78, 5) is 58.0. The van der Waals surface area contributed by atoms with Crippen molar-refractivity contribution in [2.45, 2.75) is 6.42 Å². The topological polar surface area (TPSA) is 93.6 Å². The Morgan fingerprint density at radius 1 is 0.878 bits per heavy atom. The van der Waals surface area contributed by atoms with Gasteiger partial charge in [-0.3, -0.25) is 19.3 Å². The molecule has 4 aromatic rings. The second-order valence-electron chi connectivity index (χ2n) is 10.6. The molecule has 0 spiro atoms. The lowest BCUT2D eigenvalue weighted by atomic mass is 9.85. The van der Waals surface area contributed by atoms with E-state index in [1.165, 1.54) is 29.2 Å². The number of allylic oxidation sites excluding steroid dienone is 2. The second kappa shape index (κ2) is 9.59. The van der Waals surface area contributed by atoms with Crippen LogP contribution in [0.2, 0.25) is 0 Å². The number of Topliss-reactive ketones (excluding diaryl/α,β-unsaturated/α-hetero) is 1. The molecule has 2 fully saturated rings. The largest absolute Gasteiger partial charge is 0.454 e. The molecule has 2 aliphatic carbocycles. The third-order valence-corrected chi connectivity index (χ3v) is 8.33. The summed E-state index contributed by atoms with van der Waals surface area (Å²) in [6.07, 6.45) is 5.00. The van der Waals surface area contributed by atoms with Crippen molar-refractivity contribution in [2.24, 2.45) is 23.7 Å². The smallest absolute Gasteiger partial charge is 0.339 e. The van der Waals surface area contributed by atoms with Gasteiger partial charge in [-0.05, 0) is 66.8 Å². The van der Waals surface area contributed by atoms with Crippen LogP contribution in [-0.4, -0.2) is 35.2 Å². The lowest BCUT2D eigenvalue weighted by molar-refractivity contribution is -0.123. The third kappa shape index (κ3) is 4.14. The minimum atomic E-state index is -0.694. The molecule has 4 atom stereocenters. The van der Waals surface area contributed by atoms with Crippen molar-refractivity contribution < 1.29 is 28.3 Å². The molecule has 7 nitrogen and oxygen atoms in total. The van der Waals surface area contributed by atoms with Gasteiger partial charge in [0.05, 0.1) is 34.3 Å². The van der Waals surface area contributed by atoms with Gasteiger partial charge in [-0.2, -0.15) is 0 Å². The number of fused-ring (bicyclic) bond motifs is 6. The maximum Gasteiger partial charge on any atom is 0.339 e. The first-order valence-electron chi connectivity index (χ1n) is 13.4. The molecule has 1 aliphatic heterocycles. The highest BCUT2D eigenvalue weighted by Crippen LogP contribution is 2.53. The van der Waals surface area contributed by atoms with Gasteiger partial charge in [-0.1, -0.05) is 42.5 Å². The zero-order valence-electron chi connectivity index (χ0n) is 21.7. The molecule has 2 heterocycles. The van der Waals surface area contributed by atoms with Gasteiger partial charge in [-0.15, -0.1) is 0 Å². The van der Waals surface area contributed by atoms with E-state index in [0.717, 1.165) is 6.42 Å². The van der Waals surface area contributed by atoms with Crippen molar-refractivity contribution in [1.29, 1.82) is 0 Å². The quantitative estimate of drug-likeness (QED) is 0.139. The number of anilines is 1. The Kier molecular flexibility index (Phi) is 5.85. The average molecular weight is 547 g/mol. The molecule has 8 heteroatoms. The zero-order valence-corrected chi connectivity index (χ0v) is 21.7. The molecule has 3 aromatic carbocycles. The van der Waals surface area contributed by atoms with Gasteiger partial charge in [0, 0.05) is 16.5 Å². The van der Waals surface area contributed by atoms with Gasteiger partial charge < -0.3 is 4.74 Å². The molecule has 202 valence electrons. The van der Waals surface area contributed by atoms with Gasteiger partial charge in [0.15, 0.2) is 12.4 Å². The van der Waals surface area contributed by atoms with Crippen LogP contribution in [0.4, 0.5) is 10.1 Å². The molecule has 2 amide bonds. The Bertz CT molecular complexity index is 1750. The molecule has 1 saturated carbocycles. The fraction of sp³-hybridized carbons (Fsp3) is 0.182. The molecular formula is C33H23FN2O5. The maximum atomic E-state index is 13.2. The number of aromatic nitrogens is 1. The molecule has 41 heavy (non-hydrogen) atoms. The second-order valence-corrected chi connectivity index (χ2v) is 10.6. The van der Waals surface area contributed by atoms with Crippen molar-refractivity contribution in [2.75, 3.05) is 11.5 Å². The fourth-order valence-electron chi connectivity index (χ4n) is 6.36. The number of hydrogen-bond acceptors (Lipinski definition) is 6. The summed E-state index contributed by atoms with van der Waals surface area (Å²) in [5.74, 6) is -2.18. The number of carbonyl (C=O) groups excluding carboxylic acids is 4. The van der Waals surface area contributed by atoms with Crippen LogP contribution < -0.4 is 4.90 Å². The lowest BCUT2D eigenvalue weighted by Crippen LogP contribution is -2.32. The highest BCUT2D eigenvalue weighted by molar-refractivity contribution is 6.22. The molecule has 4 unspecified atom stereocenters. The number of amides is 2. The molecule has 1 saturated heterocycles. The van der Waals surface area contributed by atoms with Crippen molar-refractivity contribution in [3.8, 4) is 11.3 Å². The predicted molar refractivity (Wildman–Crippen MR) is 148 cm³/mol. The Balaban J connectivity index is 1.15. The standard InChI is InChI=1S/C33H23FN2O5/c34-22-11-7-19(8-12-22)28(37)17-41-33(40)25-16-27(35-26-4-2-1-3-24(25)26)18-9-13-23(14-10-18)36-31(38)29-20-5-6-21(15-20)30(29)32(36)39/h1-14,16,20-21,29-30H,15,17H2. The van der Waals surface area contributed by atoms with Crippen LogP contribution in [0.5, 0.6) is 0 Å². The number of hydrogen-bond donors (Lipinski definition) is 0. The zero-order chi connectivity index (χ0) is 28.2. The first-order valence-corrected chi connectivity index (χ1v) is 13.4. The number of para-hydroxylation sites is 1. The molecule has 0 radical (unpaired) electrons.